The fraction of sp³-hybridized carbons (Fsp3) is 0.857. The number of rotatable bonds is 2. The molecular weight excluding hydrogens is 204 g/mol. The minimum Gasteiger partial charge on any atom is -0.370 e. The molecule has 2 unspecified atom stereocenters. The van der Waals surface area contributed by atoms with Crippen molar-refractivity contribution in [2.45, 2.75) is 12.3 Å². The molecule has 0 saturated carbocycles. The quantitative estimate of drug-likeness (QED) is 0.317. The van der Waals surface area contributed by atoms with E-state index in [2.05, 4.69) is 0 Å². The van der Waals surface area contributed by atoms with Gasteiger partial charge < -0.3 is 15.2 Å². The zero-order valence-corrected chi connectivity index (χ0v) is 8.96. The van der Waals surface area contributed by atoms with Crippen LogP contribution in [-0.4, -0.2) is 56.1 Å². The molecule has 0 radical (unpaired) electrons. The van der Waals surface area contributed by atoms with Crippen LogP contribution in [0, 0.1) is 5.41 Å². The van der Waals surface area contributed by atoms with Crippen molar-refractivity contribution in [3.63, 3.8) is 0 Å². The van der Waals surface area contributed by atoms with Crippen LogP contribution in [-0.2, 0) is 11.1 Å². The second kappa shape index (κ2) is 4.72. The number of hydrogen-bond donors (Lipinski definition) is 3. The van der Waals surface area contributed by atoms with E-state index in [1.54, 1.807) is 11.8 Å². The summed E-state index contributed by atoms with van der Waals surface area (Å²) in [5, 5.41) is 6.88. The van der Waals surface area contributed by atoms with Gasteiger partial charge in [-0.05, 0) is 6.92 Å². The summed E-state index contributed by atoms with van der Waals surface area (Å²) in [6.07, 6.45) is 0. The molecule has 1 heterocycles. The minimum atomic E-state index is -1.81. The van der Waals surface area contributed by atoms with Crippen molar-refractivity contribution >= 4 is 17.0 Å². The third-order valence-corrected chi connectivity index (χ3v) is 3.34. The van der Waals surface area contributed by atoms with E-state index in [1.807, 2.05) is 4.90 Å². The standard InChI is InChI=1S/C7H16N4O2S/c1-6(14(12)13)10-2-4-11(5-3-10)7(8)9/h6H,2-5H2,1H3,(H3,8,9)(H,12,13). The van der Waals surface area contributed by atoms with Gasteiger partial charge in [0, 0.05) is 26.2 Å². The summed E-state index contributed by atoms with van der Waals surface area (Å²) in [5.41, 5.74) is 5.33. The molecule has 82 valence electrons. The number of hydrogen-bond acceptors (Lipinski definition) is 3. The van der Waals surface area contributed by atoms with Gasteiger partial charge in [0.2, 0.25) is 0 Å². The highest BCUT2D eigenvalue weighted by Crippen LogP contribution is 2.07. The lowest BCUT2D eigenvalue weighted by Crippen LogP contribution is -2.53. The zero-order chi connectivity index (χ0) is 10.7. The van der Waals surface area contributed by atoms with Gasteiger partial charge in [-0.25, -0.2) is 4.21 Å². The largest absolute Gasteiger partial charge is 0.370 e. The normalized spacial score (nSPS) is 23.1. The topological polar surface area (TPSA) is 93.7 Å². The maximum atomic E-state index is 10.8. The first kappa shape index (κ1) is 11.4. The number of piperazine rings is 1. The lowest BCUT2D eigenvalue weighted by molar-refractivity contribution is 0.170. The predicted molar refractivity (Wildman–Crippen MR) is 55.3 cm³/mol. The van der Waals surface area contributed by atoms with E-state index in [0.717, 1.165) is 0 Å². The summed E-state index contributed by atoms with van der Waals surface area (Å²) in [7, 11) is 0. The van der Waals surface area contributed by atoms with Crippen molar-refractivity contribution < 1.29 is 8.76 Å². The average molecular weight is 220 g/mol. The Bertz CT molecular complexity index is 240. The van der Waals surface area contributed by atoms with Gasteiger partial charge in [-0.3, -0.25) is 10.3 Å². The SMILES string of the molecule is CC(N1CCN(C(=N)N)CC1)S(=O)O. The Balaban J connectivity index is 2.43. The first-order valence-electron chi connectivity index (χ1n) is 4.45. The van der Waals surface area contributed by atoms with Gasteiger partial charge in [-0.1, -0.05) is 0 Å². The molecule has 4 N–H and O–H groups in total. The molecule has 0 spiro atoms. The molecule has 0 aromatic rings. The molecule has 1 aliphatic rings. The number of guanidine groups is 1. The molecule has 0 aromatic heterocycles. The summed E-state index contributed by atoms with van der Waals surface area (Å²) in [5.74, 6) is 0.0717. The third-order valence-electron chi connectivity index (χ3n) is 2.46. The highest BCUT2D eigenvalue weighted by atomic mass is 32.2. The van der Waals surface area contributed by atoms with Crippen LogP contribution in [0.5, 0.6) is 0 Å². The molecule has 1 rings (SSSR count). The summed E-state index contributed by atoms with van der Waals surface area (Å²) in [6, 6.07) is 0. The molecule has 0 bridgehead atoms. The molecule has 1 aliphatic heterocycles. The molecule has 1 saturated heterocycles. The van der Waals surface area contributed by atoms with Gasteiger partial charge in [0.25, 0.3) is 0 Å². The van der Waals surface area contributed by atoms with Crippen LogP contribution in [0.3, 0.4) is 0 Å². The Kier molecular flexibility index (Phi) is 3.85. The average Bonchev–Trinajstić information content (AvgIpc) is 2.16. The fourth-order valence-corrected chi connectivity index (χ4v) is 1.92. The number of nitrogens with two attached hydrogens (primary N) is 1. The van der Waals surface area contributed by atoms with Gasteiger partial charge in [0.05, 0.1) is 0 Å². The van der Waals surface area contributed by atoms with Crippen LogP contribution in [0.2, 0.25) is 0 Å². The Morgan fingerprint density at radius 1 is 1.50 bits per heavy atom. The lowest BCUT2D eigenvalue weighted by atomic mass is 10.3. The second-order valence-corrected chi connectivity index (χ2v) is 4.52. The Morgan fingerprint density at radius 3 is 2.36 bits per heavy atom. The second-order valence-electron chi connectivity index (χ2n) is 3.28. The van der Waals surface area contributed by atoms with Crippen LogP contribution in [0.25, 0.3) is 0 Å². The monoisotopic (exact) mass is 220 g/mol. The highest BCUT2D eigenvalue weighted by molar-refractivity contribution is 7.79. The lowest BCUT2D eigenvalue weighted by Gasteiger charge is -2.36. The van der Waals surface area contributed by atoms with Gasteiger partial charge in [-0.15, -0.1) is 0 Å². The molecular formula is C7H16N4O2S. The molecule has 6 nitrogen and oxygen atoms in total. The first-order valence-corrected chi connectivity index (χ1v) is 5.62. The zero-order valence-electron chi connectivity index (χ0n) is 8.14. The maximum Gasteiger partial charge on any atom is 0.188 e. The van der Waals surface area contributed by atoms with E-state index in [1.165, 1.54) is 0 Å². The van der Waals surface area contributed by atoms with Crippen LogP contribution < -0.4 is 5.73 Å². The molecule has 0 amide bonds. The van der Waals surface area contributed by atoms with Crippen molar-refractivity contribution in [3.05, 3.63) is 0 Å². The van der Waals surface area contributed by atoms with E-state index in [-0.39, 0.29) is 11.3 Å². The van der Waals surface area contributed by atoms with E-state index in [0.29, 0.717) is 26.2 Å². The van der Waals surface area contributed by atoms with Crippen molar-refractivity contribution in [1.29, 1.82) is 5.41 Å². The predicted octanol–water partition coefficient (Wildman–Crippen LogP) is -0.935. The van der Waals surface area contributed by atoms with Crippen LogP contribution in [0.4, 0.5) is 0 Å². The molecule has 0 aromatic carbocycles. The van der Waals surface area contributed by atoms with E-state index >= 15 is 0 Å². The van der Waals surface area contributed by atoms with Gasteiger partial charge in [-0.2, -0.15) is 0 Å². The van der Waals surface area contributed by atoms with E-state index < -0.39 is 11.1 Å². The van der Waals surface area contributed by atoms with Crippen molar-refractivity contribution in [1.82, 2.24) is 9.80 Å². The smallest absolute Gasteiger partial charge is 0.188 e. The van der Waals surface area contributed by atoms with Crippen molar-refractivity contribution in [2.24, 2.45) is 5.73 Å². The molecule has 2 atom stereocenters. The number of nitrogens with one attached hydrogen (secondary N) is 1. The molecule has 14 heavy (non-hydrogen) atoms. The Labute approximate surface area is 85.8 Å². The Hall–Kier alpha value is -0.660. The number of nitrogens with zero attached hydrogens (tertiary/aromatic N) is 2. The van der Waals surface area contributed by atoms with Crippen molar-refractivity contribution in [3.8, 4) is 0 Å². The summed E-state index contributed by atoms with van der Waals surface area (Å²) in [4.78, 5) is 3.68. The van der Waals surface area contributed by atoms with Crippen LogP contribution in [0.1, 0.15) is 6.92 Å². The van der Waals surface area contributed by atoms with Crippen molar-refractivity contribution in [2.75, 3.05) is 26.2 Å². The van der Waals surface area contributed by atoms with Crippen LogP contribution >= 0.6 is 0 Å². The summed E-state index contributed by atoms with van der Waals surface area (Å²) < 4.78 is 19.7. The molecule has 0 aliphatic carbocycles. The third kappa shape index (κ3) is 2.66. The molecule has 1 fully saturated rings. The van der Waals surface area contributed by atoms with E-state index in [4.69, 9.17) is 15.7 Å². The highest BCUT2D eigenvalue weighted by Gasteiger charge is 2.24. The summed E-state index contributed by atoms with van der Waals surface area (Å²) >= 11 is -1.81. The van der Waals surface area contributed by atoms with Gasteiger partial charge in [0.15, 0.2) is 17.0 Å². The van der Waals surface area contributed by atoms with Gasteiger partial charge in [0.1, 0.15) is 5.37 Å². The summed E-state index contributed by atoms with van der Waals surface area (Å²) in [6.45, 7) is 4.37. The molecule has 7 heteroatoms. The first-order chi connectivity index (χ1) is 6.52. The van der Waals surface area contributed by atoms with Crippen LogP contribution in [0.15, 0.2) is 0 Å². The fourth-order valence-electron chi connectivity index (χ4n) is 1.45. The Morgan fingerprint density at radius 2 is 2.00 bits per heavy atom. The minimum absolute atomic E-state index is 0.0717. The van der Waals surface area contributed by atoms with E-state index in [9.17, 15) is 4.21 Å². The van der Waals surface area contributed by atoms with Gasteiger partial charge >= 0.3 is 0 Å². The maximum absolute atomic E-state index is 10.8.